The van der Waals surface area contributed by atoms with Gasteiger partial charge in [-0.15, -0.1) is 11.3 Å². The largest absolute Gasteiger partial charge is 0.508 e. The summed E-state index contributed by atoms with van der Waals surface area (Å²) in [7, 11) is -3.85. The van der Waals surface area contributed by atoms with Crippen LogP contribution in [0.3, 0.4) is 0 Å². The van der Waals surface area contributed by atoms with Crippen LogP contribution in [0.2, 0.25) is 0 Å². The maximum atomic E-state index is 12.8. The number of sulfonamides is 1. The zero-order valence-corrected chi connectivity index (χ0v) is 18.0. The first-order valence-corrected chi connectivity index (χ1v) is 11.5. The Morgan fingerprint density at radius 2 is 1.83 bits per heavy atom. The molecule has 3 aromatic rings. The predicted molar refractivity (Wildman–Crippen MR) is 114 cm³/mol. The van der Waals surface area contributed by atoms with E-state index in [2.05, 4.69) is 4.72 Å². The third kappa shape index (κ3) is 5.79. The molecule has 0 aliphatic heterocycles. The summed E-state index contributed by atoms with van der Waals surface area (Å²) in [5.74, 6) is -0.959. The van der Waals surface area contributed by atoms with E-state index < -0.39 is 27.6 Å². The minimum absolute atomic E-state index is 0.0172. The van der Waals surface area contributed by atoms with E-state index in [0.717, 1.165) is 10.1 Å². The first kappa shape index (κ1) is 21.3. The molecule has 0 aliphatic rings. The van der Waals surface area contributed by atoms with Gasteiger partial charge in [-0.25, -0.2) is 13.2 Å². The summed E-state index contributed by atoms with van der Waals surface area (Å²) < 4.78 is 34.6. The van der Waals surface area contributed by atoms with E-state index in [1.54, 1.807) is 38.2 Å². The topological polar surface area (TPSA) is 92.7 Å². The number of nitrogens with one attached hydrogen (secondary N) is 1. The van der Waals surface area contributed by atoms with Gasteiger partial charge >= 0.3 is 5.97 Å². The van der Waals surface area contributed by atoms with E-state index in [1.165, 1.54) is 24.3 Å². The summed E-state index contributed by atoms with van der Waals surface area (Å²) in [5.41, 5.74) is 0.229. The van der Waals surface area contributed by atoms with Gasteiger partial charge in [-0.1, -0.05) is 18.2 Å². The average Bonchev–Trinajstić information content (AvgIpc) is 3.06. The number of aromatic hydroxyl groups is 1. The van der Waals surface area contributed by atoms with Gasteiger partial charge in [-0.2, -0.15) is 4.72 Å². The van der Waals surface area contributed by atoms with Gasteiger partial charge in [0.1, 0.15) is 17.4 Å². The number of carbonyl (C=O) groups is 1. The number of thiophene rings is 1. The summed E-state index contributed by atoms with van der Waals surface area (Å²) in [6, 6.07) is 12.0. The van der Waals surface area contributed by atoms with E-state index in [0.29, 0.717) is 11.1 Å². The molecule has 1 aromatic heterocycles. The molecular formula is C21H23NO5S2. The van der Waals surface area contributed by atoms with Crippen molar-refractivity contribution in [2.45, 2.75) is 38.2 Å². The van der Waals surface area contributed by atoms with Crippen LogP contribution in [0.5, 0.6) is 5.75 Å². The number of fused-ring (bicyclic) bond motifs is 1. The average molecular weight is 434 g/mol. The highest BCUT2D eigenvalue weighted by Crippen LogP contribution is 2.25. The Labute approximate surface area is 174 Å². The summed E-state index contributed by atoms with van der Waals surface area (Å²) in [6.07, 6.45) is 0. The first-order valence-electron chi connectivity index (χ1n) is 9.00. The molecule has 6 nitrogen and oxygen atoms in total. The molecule has 0 amide bonds. The Bertz CT molecular complexity index is 1110. The van der Waals surface area contributed by atoms with Crippen LogP contribution < -0.4 is 4.72 Å². The van der Waals surface area contributed by atoms with Crippen molar-refractivity contribution in [3.8, 4) is 5.75 Å². The third-order valence-electron chi connectivity index (χ3n) is 4.04. The number of esters is 1. The van der Waals surface area contributed by atoms with Gasteiger partial charge in [0, 0.05) is 4.70 Å². The predicted octanol–water partition coefficient (Wildman–Crippen LogP) is 4.11. The van der Waals surface area contributed by atoms with Crippen LogP contribution in [0.1, 0.15) is 37.9 Å². The standard InChI is InChI=1S/C21H23NO5S2/c1-21(2,3)27-20(24)19(15-5-7-17(23)8-6-15)22-29(25,26)13-14-4-9-18-16(12-14)10-11-28-18/h4-12,19,22-23H,13H2,1-3H3/t19-/m1/s1. The molecule has 1 atom stereocenters. The lowest BCUT2D eigenvalue weighted by Gasteiger charge is -2.25. The molecule has 3 rings (SSSR count). The lowest BCUT2D eigenvalue weighted by atomic mass is 10.1. The van der Waals surface area contributed by atoms with Crippen LogP contribution >= 0.6 is 11.3 Å². The van der Waals surface area contributed by atoms with Crippen molar-refractivity contribution in [1.82, 2.24) is 4.72 Å². The second kappa shape index (κ2) is 8.14. The van der Waals surface area contributed by atoms with E-state index >= 15 is 0 Å². The molecule has 0 spiro atoms. The fraction of sp³-hybridized carbons (Fsp3) is 0.286. The van der Waals surface area contributed by atoms with E-state index in [4.69, 9.17) is 4.74 Å². The molecule has 2 aromatic carbocycles. The third-order valence-corrected chi connectivity index (χ3v) is 6.25. The molecule has 0 saturated carbocycles. The van der Waals surface area contributed by atoms with Gasteiger partial charge in [0.25, 0.3) is 0 Å². The van der Waals surface area contributed by atoms with Gasteiger partial charge in [-0.05, 0) is 73.0 Å². The number of phenols is 1. The summed E-state index contributed by atoms with van der Waals surface area (Å²) >= 11 is 1.59. The minimum Gasteiger partial charge on any atom is -0.508 e. The highest BCUT2D eigenvalue weighted by Gasteiger charge is 2.30. The smallest absolute Gasteiger partial charge is 0.329 e. The summed E-state index contributed by atoms with van der Waals surface area (Å²) in [5, 5.41) is 12.4. The highest BCUT2D eigenvalue weighted by molar-refractivity contribution is 7.88. The Morgan fingerprint density at radius 3 is 2.48 bits per heavy atom. The summed E-state index contributed by atoms with van der Waals surface area (Å²) in [6.45, 7) is 5.13. The molecule has 1 heterocycles. The number of benzene rings is 2. The normalized spacial score (nSPS) is 13.3. The van der Waals surface area contributed by atoms with Gasteiger partial charge in [0.05, 0.1) is 5.75 Å². The molecule has 154 valence electrons. The fourth-order valence-electron chi connectivity index (χ4n) is 2.83. The first-order chi connectivity index (χ1) is 13.5. The number of hydrogen-bond acceptors (Lipinski definition) is 6. The van der Waals surface area contributed by atoms with Gasteiger partial charge in [0.15, 0.2) is 0 Å². The molecule has 0 fully saturated rings. The van der Waals surface area contributed by atoms with Crippen LogP contribution in [0.25, 0.3) is 10.1 Å². The Kier molecular flexibility index (Phi) is 5.97. The fourth-order valence-corrected chi connectivity index (χ4v) is 4.89. The van der Waals surface area contributed by atoms with Crippen molar-refractivity contribution in [3.63, 3.8) is 0 Å². The van der Waals surface area contributed by atoms with Crippen molar-refractivity contribution in [2.75, 3.05) is 0 Å². The van der Waals surface area contributed by atoms with Crippen molar-refractivity contribution >= 4 is 37.4 Å². The van der Waals surface area contributed by atoms with Crippen molar-refractivity contribution in [1.29, 1.82) is 0 Å². The van der Waals surface area contributed by atoms with Crippen LogP contribution in [0, 0.1) is 0 Å². The van der Waals surface area contributed by atoms with E-state index in [-0.39, 0.29) is 11.5 Å². The minimum atomic E-state index is -3.85. The lowest BCUT2D eigenvalue weighted by Crippen LogP contribution is -2.38. The molecule has 29 heavy (non-hydrogen) atoms. The lowest BCUT2D eigenvalue weighted by molar-refractivity contribution is -0.157. The Balaban J connectivity index is 1.86. The number of rotatable bonds is 6. The van der Waals surface area contributed by atoms with Gasteiger partial charge in [0.2, 0.25) is 10.0 Å². The number of ether oxygens (including phenoxy) is 1. The quantitative estimate of drug-likeness (QED) is 0.571. The van der Waals surface area contributed by atoms with Crippen molar-refractivity contribution < 1.29 is 23.1 Å². The Morgan fingerprint density at radius 1 is 1.14 bits per heavy atom. The van der Waals surface area contributed by atoms with Gasteiger partial charge < -0.3 is 9.84 Å². The van der Waals surface area contributed by atoms with Gasteiger partial charge in [-0.3, -0.25) is 0 Å². The molecular weight excluding hydrogens is 410 g/mol. The maximum absolute atomic E-state index is 12.8. The van der Waals surface area contributed by atoms with Crippen LogP contribution in [-0.4, -0.2) is 25.1 Å². The molecule has 0 radical (unpaired) electrons. The molecule has 2 N–H and O–H groups in total. The molecule has 0 saturated heterocycles. The summed E-state index contributed by atoms with van der Waals surface area (Å²) in [4.78, 5) is 12.7. The van der Waals surface area contributed by atoms with Crippen LogP contribution in [0.15, 0.2) is 53.9 Å². The molecule has 0 aliphatic carbocycles. The zero-order chi connectivity index (χ0) is 21.2. The highest BCUT2D eigenvalue weighted by atomic mass is 32.2. The monoisotopic (exact) mass is 433 g/mol. The SMILES string of the molecule is CC(C)(C)OC(=O)[C@H](NS(=O)(=O)Cc1ccc2sccc2c1)c1ccc(O)cc1. The van der Waals surface area contributed by atoms with E-state index in [1.807, 2.05) is 23.6 Å². The zero-order valence-electron chi connectivity index (χ0n) is 16.4. The number of phenolic OH excluding ortho intramolecular Hbond substituents is 1. The van der Waals surface area contributed by atoms with E-state index in [9.17, 15) is 18.3 Å². The molecule has 0 bridgehead atoms. The maximum Gasteiger partial charge on any atom is 0.329 e. The molecule has 0 unspecified atom stereocenters. The van der Waals surface area contributed by atoms with Crippen molar-refractivity contribution in [3.05, 3.63) is 65.0 Å². The van der Waals surface area contributed by atoms with Crippen LogP contribution in [-0.2, 0) is 25.3 Å². The second-order valence-electron chi connectivity index (χ2n) is 7.73. The Hall–Kier alpha value is -2.42. The van der Waals surface area contributed by atoms with Crippen LogP contribution in [0.4, 0.5) is 0 Å². The number of hydrogen-bond donors (Lipinski definition) is 2. The van der Waals surface area contributed by atoms with Crippen molar-refractivity contribution in [2.24, 2.45) is 0 Å². The molecule has 8 heteroatoms. The number of carbonyl (C=O) groups excluding carboxylic acids is 1. The second-order valence-corrected chi connectivity index (χ2v) is 10.4.